The maximum Gasteiger partial charge on any atom is 0.192 e. The standard InChI is InChI=1S/C22H42O2Si/c1-6-25(7-2,8-3)24-21-13-11-16-22(5)19(14-15-20(21)22)18(4)12-9-10-17-23/h17-21H,6-16H2,1-5H3/t18?,19-,20+,21+,22-/m1/s1. The summed E-state index contributed by atoms with van der Waals surface area (Å²) in [7, 11) is -1.51. The third-order valence-corrected chi connectivity index (χ3v) is 12.8. The zero-order valence-electron chi connectivity index (χ0n) is 17.5. The Bertz CT molecular complexity index is 412. The van der Waals surface area contributed by atoms with E-state index in [2.05, 4.69) is 34.6 Å². The molecule has 2 saturated carbocycles. The number of rotatable bonds is 10. The van der Waals surface area contributed by atoms with E-state index in [1.54, 1.807) is 0 Å². The summed E-state index contributed by atoms with van der Waals surface area (Å²) >= 11 is 0. The third-order valence-electron chi connectivity index (χ3n) is 8.14. The van der Waals surface area contributed by atoms with Crippen molar-refractivity contribution >= 4 is 14.6 Å². The Labute approximate surface area is 157 Å². The van der Waals surface area contributed by atoms with E-state index in [1.165, 1.54) is 56.7 Å². The molecule has 0 bridgehead atoms. The summed E-state index contributed by atoms with van der Waals surface area (Å²) in [4.78, 5) is 10.6. The molecule has 3 heteroatoms. The quantitative estimate of drug-likeness (QED) is 0.247. The first-order valence-electron chi connectivity index (χ1n) is 11.1. The van der Waals surface area contributed by atoms with Gasteiger partial charge in [0.1, 0.15) is 6.29 Å². The van der Waals surface area contributed by atoms with Crippen molar-refractivity contribution in [3.8, 4) is 0 Å². The molecule has 25 heavy (non-hydrogen) atoms. The van der Waals surface area contributed by atoms with Crippen LogP contribution in [-0.2, 0) is 9.22 Å². The van der Waals surface area contributed by atoms with Crippen LogP contribution in [0.5, 0.6) is 0 Å². The second kappa shape index (κ2) is 9.17. The Balaban J connectivity index is 2.08. The first kappa shape index (κ1) is 21.2. The second-order valence-electron chi connectivity index (χ2n) is 9.16. The van der Waals surface area contributed by atoms with Crippen molar-refractivity contribution in [2.45, 2.75) is 110 Å². The first-order chi connectivity index (χ1) is 12.0. The van der Waals surface area contributed by atoms with Gasteiger partial charge in [0.05, 0.1) is 0 Å². The van der Waals surface area contributed by atoms with Gasteiger partial charge in [-0.1, -0.05) is 47.5 Å². The van der Waals surface area contributed by atoms with Gasteiger partial charge in [-0.3, -0.25) is 0 Å². The van der Waals surface area contributed by atoms with Gasteiger partial charge in [-0.05, 0) is 73.4 Å². The van der Waals surface area contributed by atoms with Crippen molar-refractivity contribution in [2.24, 2.45) is 23.2 Å². The molecule has 2 aliphatic carbocycles. The van der Waals surface area contributed by atoms with E-state index >= 15 is 0 Å². The van der Waals surface area contributed by atoms with Gasteiger partial charge in [0, 0.05) is 12.5 Å². The Morgan fingerprint density at radius 3 is 2.44 bits per heavy atom. The number of hydrogen-bond donors (Lipinski definition) is 0. The van der Waals surface area contributed by atoms with Crippen LogP contribution in [0.4, 0.5) is 0 Å². The van der Waals surface area contributed by atoms with Crippen LogP contribution in [-0.4, -0.2) is 20.7 Å². The molecule has 146 valence electrons. The lowest BCUT2D eigenvalue weighted by atomic mass is 9.61. The predicted octanol–water partition coefficient (Wildman–Crippen LogP) is 6.60. The van der Waals surface area contributed by atoms with E-state index in [9.17, 15) is 4.79 Å². The molecule has 2 nitrogen and oxygen atoms in total. The maximum atomic E-state index is 10.6. The molecule has 0 saturated heterocycles. The minimum atomic E-state index is -1.51. The lowest BCUT2D eigenvalue weighted by molar-refractivity contribution is -0.108. The molecule has 0 aromatic heterocycles. The normalized spacial score (nSPS) is 33.9. The molecule has 0 aromatic carbocycles. The van der Waals surface area contributed by atoms with Crippen LogP contribution >= 0.6 is 0 Å². The van der Waals surface area contributed by atoms with Gasteiger partial charge < -0.3 is 9.22 Å². The first-order valence-corrected chi connectivity index (χ1v) is 13.6. The predicted molar refractivity (Wildman–Crippen MR) is 109 cm³/mol. The maximum absolute atomic E-state index is 10.6. The van der Waals surface area contributed by atoms with E-state index in [0.717, 1.165) is 36.9 Å². The molecule has 1 unspecified atom stereocenters. The zero-order valence-corrected chi connectivity index (χ0v) is 18.5. The van der Waals surface area contributed by atoms with Crippen molar-refractivity contribution in [3.63, 3.8) is 0 Å². The van der Waals surface area contributed by atoms with E-state index in [4.69, 9.17) is 4.43 Å². The summed E-state index contributed by atoms with van der Waals surface area (Å²) in [5.41, 5.74) is 0.471. The van der Waals surface area contributed by atoms with Gasteiger partial charge in [0.2, 0.25) is 0 Å². The molecule has 0 amide bonds. The van der Waals surface area contributed by atoms with Crippen LogP contribution < -0.4 is 0 Å². The summed E-state index contributed by atoms with van der Waals surface area (Å²) in [6.45, 7) is 12.1. The Morgan fingerprint density at radius 2 is 1.84 bits per heavy atom. The van der Waals surface area contributed by atoms with E-state index in [1.807, 2.05) is 0 Å². The molecule has 2 fully saturated rings. The minimum absolute atomic E-state index is 0.471. The van der Waals surface area contributed by atoms with Gasteiger partial charge in [-0.15, -0.1) is 0 Å². The fraction of sp³-hybridized carbons (Fsp3) is 0.955. The van der Waals surface area contributed by atoms with Crippen LogP contribution in [0.2, 0.25) is 18.1 Å². The SMILES string of the molecule is CC[Si](CC)(CC)O[C@H]1CCC[C@]2(C)[C@@H](C(C)CCCC=O)CC[C@@H]12. The molecule has 0 spiro atoms. The van der Waals surface area contributed by atoms with Gasteiger partial charge in [-0.25, -0.2) is 0 Å². The molecule has 0 aliphatic heterocycles. The van der Waals surface area contributed by atoms with Crippen LogP contribution in [0.15, 0.2) is 0 Å². The number of carbonyl (C=O) groups is 1. The highest BCUT2D eigenvalue weighted by molar-refractivity contribution is 6.73. The Hall–Kier alpha value is -0.153. The summed E-state index contributed by atoms with van der Waals surface area (Å²) in [6.07, 6.45) is 11.4. The fourth-order valence-electron chi connectivity index (χ4n) is 6.28. The molecule has 2 aliphatic rings. The number of hydrogen-bond acceptors (Lipinski definition) is 2. The van der Waals surface area contributed by atoms with Gasteiger partial charge >= 0.3 is 0 Å². The molecule has 2 rings (SSSR count). The highest BCUT2D eigenvalue weighted by Crippen LogP contribution is 2.59. The van der Waals surface area contributed by atoms with Gasteiger partial charge in [-0.2, -0.15) is 0 Å². The van der Waals surface area contributed by atoms with Crippen molar-refractivity contribution in [3.05, 3.63) is 0 Å². The van der Waals surface area contributed by atoms with Crippen molar-refractivity contribution in [2.75, 3.05) is 0 Å². The minimum Gasteiger partial charge on any atom is -0.414 e. The van der Waals surface area contributed by atoms with E-state index in [0.29, 0.717) is 11.5 Å². The molecule has 0 aromatic rings. The van der Waals surface area contributed by atoms with E-state index in [-0.39, 0.29) is 0 Å². The summed E-state index contributed by atoms with van der Waals surface area (Å²) < 4.78 is 7.02. The monoisotopic (exact) mass is 366 g/mol. The highest BCUT2D eigenvalue weighted by Gasteiger charge is 2.53. The lowest BCUT2D eigenvalue weighted by Crippen LogP contribution is -2.48. The largest absolute Gasteiger partial charge is 0.414 e. The second-order valence-corrected chi connectivity index (χ2v) is 13.9. The third kappa shape index (κ3) is 4.40. The van der Waals surface area contributed by atoms with Crippen LogP contribution in [0, 0.1) is 23.2 Å². The highest BCUT2D eigenvalue weighted by atomic mass is 28.4. The van der Waals surface area contributed by atoms with Crippen molar-refractivity contribution in [1.29, 1.82) is 0 Å². The molecule has 0 heterocycles. The lowest BCUT2D eigenvalue weighted by Gasteiger charge is -2.49. The van der Waals surface area contributed by atoms with Crippen LogP contribution in [0.3, 0.4) is 0 Å². The average Bonchev–Trinajstić information content (AvgIpc) is 2.98. The van der Waals surface area contributed by atoms with Crippen molar-refractivity contribution < 1.29 is 9.22 Å². The number of aldehydes is 1. The summed E-state index contributed by atoms with van der Waals surface area (Å²) in [5.74, 6) is 2.35. The fourth-order valence-corrected chi connectivity index (χ4v) is 9.21. The van der Waals surface area contributed by atoms with Crippen LogP contribution in [0.25, 0.3) is 0 Å². The Morgan fingerprint density at radius 1 is 1.16 bits per heavy atom. The number of carbonyl (C=O) groups excluding carboxylic acids is 1. The zero-order chi connectivity index (χ0) is 18.5. The average molecular weight is 367 g/mol. The van der Waals surface area contributed by atoms with Crippen molar-refractivity contribution in [1.82, 2.24) is 0 Å². The molecular weight excluding hydrogens is 324 g/mol. The smallest absolute Gasteiger partial charge is 0.192 e. The Kier molecular flexibility index (Phi) is 7.76. The summed E-state index contributed by atoms with van der Waals surface area (Å²) in [5, 5.41) is 0. The van der Waals surface area contributed by atoms with Crippen LogP contribution in [0.1, 0.15) is 86.0 Å². The molecule has 5 atom stereocenters. The molecular formula is C22H42O2Si. The van der Waals surface area contributed by atoms with E-state index < -0.39 is 8.32 Å². The summed E-state index contributed by atoms with van der Waals surface area (Å²) in [6, 6.07) is 3.81. The topological polar surface area (TPSA) is 26.3 Å². The number of unbranched alkanes of at least 4 members (excludes halogenated alkanes) is 1. The van der Waals surface area contributed by atoms with Gasteiger partial charge in [0.15, 0.2) is 8.32 Å². The number of fused-ring (bicyclic) bond motifs is 1. The van der Waals surface area contributed by atoms with Gasteiger partial charge in [0.25, 0.3) is 0 Å². The molecule has 0 radical (unpaired) electrons. The molecule has 0 N–H and O–H groups in total.